The van der Waals surface area contributed by atoms with Gasteiger partial charge in [0, 0.05) is 0 Å². The molecule has 1 aromatic rings. The number of carbonyl (C=O) groups excluding carboxylic acids is 2. The van der Waals surface area contributed by atoms with E-state index >= 15 is 0 Å². The molecule has 0 N–H and O–H groups in total. The minimum atomic E-state index is -0.542. The van der Waals surface area contributed by atoms with Crippen LogP contribution in [0.2, 0.25) is 0 Å². The van der Waals surface area contributed by atoms with Crippen molar-refractivity contribution in [3.05, 3.63) is 35.9 Å². The summed E-state index contributed by atoms with van der Waals surface area (Å²) in [5, 5.41) is 0. The minimum absolute atomic E-state index is 0.307. The lowest BCUT2D eigenvalue weighted by atomic mass is 9.85. The summed E-state index contributed by atoms with van der Waals surface area (Å²) < 4.78 is 10.5. The van der Waals surface area contributed by atoms with E-state index in [9.17, 15) is 9.59 Å². The van der Waals surface area contributed by atoms with Crippen molar-refractivity contribution in [2.75, 3.05) is 6.61 Å². The molecule has 2 rings (SSSR count). The van der Waals surface area contributed by atoms with E-state index in [0.717, 1.165) is 5.56 Å². The van der Waals surface area contributed by atoms with Gasteiger partial charge in [-0.25, -0.2) is 0 Å². The third-order valence-electron chi connectivity index (χ3n) is 3.43. The minimum Gasteiger partial charge on any atom is -0.466 e. The van der Waals surface area contributed by atoms with Gasteiger partial charge in [0.1, 0.15) is 12.0 Å². The molecule has 1 aliphatic rings. The van der Waals surface area contributed by atoms with E-state index in [1.54, 1.807) is 6.92 Å². The fourth-order valence-electron chi connectivity index (χ4n) is 2.51. The lowest BCUT2D eigenvalue weighted by molar-refractivity contribution is -0.151. The van der Waals surface area contributed by atoms with Gasteiger partial charge >= 0.3 is 11.9 Å². The second-order valence-corrected chi connectivity index (χ2v) is 4.56. The van der Waals surface area contributed by atoms with Crippen LogP contribution in [0.5, 0.6) is 0 Å². The smallest absolute Gasteiger partial charge is 0.313 e. The van der Waals surface area contributed by atoms with E-state index < -0.39 is 17.9 Å². The van der Waals surface area contributed by atoms with Crippen LogP contribution in [-0.4, -0.2) is 18.5 Å². The molecule has 0 bridgehead atoms. The molecule has 0 unspecified atom stereocenters. The summed E-state index contributed by atoms with van der Waals surface area (Å²) >= 11 is 0. The van der Waals surface area contributed by atoms with Gasteiger partial charge in [-0.2, -0.15) is 0 Å². The molecule has 1 aliphatic heterocycles. The van der Waals surface area contributed by atoms with Crippen LogP contribution in [-0.2, 0) is 19.1 Å². The Hall–Kier alpha value is -1.84. The summed E-state index contributed by atoms with van der Waals surface area (Å²) in [5.74, 6) is -1.62. The molecule has 1 saturated heterocycles. The fraction of sp³-hybridized carbons (Fsp3) is 0.467. The van der Waals surface area contributed by atoms with Gasteiger partial charge in [0.15, 0.2) is 0 Å². The van der Waals surface area contributed by atoms with E-state index in [1.165, 1.54) is 0 Å². The zero-order valence-corrected chi connectivity index (χ0v) is 11.2. The summed E-state index contributed by atoms with van der Waals surface area (Å²) in [7, 11) is 0. The van der Waals surface area contributed by atoms with E-state index in [0.29, 0.717) is 13.0 Å². The molecule has 19 heavy (non-hydrogen) atoms. The van der Waals surface area contributed by atoms with Crippen LogP contribution < -0.4 is 0 Å². The van der Waals surface area contributed by atoms with Crippen LogP contribution in [0.4, 0.5) is 0 Å². The van der Waals surface area contributed by atoms with Crippen LogP contribution in [0.15, 0.2) is 30.3 Å². The predicted molar refractivity (Wildman–Crippen MR) is 69.2 cm³/mol. The lowest BCUT2D eigenvalue weighted by Gasteiger charge is -2.18. The number of hydrogen-bond donors (Lipinski definition) is 0. The normalized spacial score (nSPS) is 26.0. The molecule has 0 spiro atoms. The van der Waals surface area contributed by atoms with Gasteiger partial charge in [-0.15, -0.1) is 0 Å². The van der Waals surface area contributed by atoms with E-state index in [4.69, 9.17) is 9.47 Å². The Bertz CT molecular complexity index is 454. The predicted octanol–water partition coefficient (Wildman–Crippen LogP) is 2.49. The summed E-state index contributed by atoms with van der Waals surface area (Å²) in [5.41, 5.74) is 0.838. The molecule has 1 fully saturated rings. The highest BCUT2D eigenvalue weighted by atomic mass is 16.6. The Morgan fingerprint density at radius 2 is 1.95 bits per heavy atom. The maximum Gasteiger partial charge on any atom is 0.313 e. The van der Waals surface area contributed by atoms with Crippen molar-refractivity contribution >= 4 is 11.9 Å². The maximum absolute atomic E-state index is 12.1. The van der Waals surface area contributed by atoms with E-state index in [1.807, 2.05) is 37.3 Å². The zero-order chi connectivity index (χ0) is 13.8. The molecule has 0 saturated carbocycles. The van der Waals surface area contributed by atoms with Crippen LogP contribution in [0, 0.1) is 11.8 Å². The number of benzene rings is 1. The summed E-state index contributed by atoms with van der Waals surface area (Å²) in [4.78, 5) is 24.0. The molecule has 0 radical (unpaired) electrons. The van der Waals surface area contributed by atoms with Gasteiger partial charge in [0.05, 0.1) is 12.5 Å². The molecule has 0 aromatic heterocycles. The van der Waals surface area contributed by atoms with Crippen molar-refractivity contribution in [2.45, 2.75) is 26.4 Å². The lowest BCUT2D eigenvalue weighted by Crippen LogP contribution is -2.27. The number of esters is 2. The number of carbonyl (C=O) groups is 2. The second kappa shape index (κ2) is 5.87. The average Bonchev–Trinajstić information content (AvgIpc) is 2.77. The van der Waals surface area contributed by atoms with E-state index in [2.05, 4.69) is 0 Å². The van der Waals surface area contributed by atoms with Crippen molar-refractivity contribution in [1.82, 2.24) is 0 Å². The molecular formula is C15H18O4. The van der Waals surface area contributed by atoms with Gasteiger partial charge < -0.3 is 9.47 Å². The molecule has 0 amide bonds. The standard InChI is InChI=1S/C15H18O4/c1-3-11-12(15(17)18-4-2)13(19-14(11)16)10-8-6-5-7-9-10/h5-9,11-13H,3-4H2,1-2H3/t11-,12-,13-/m0/s1. The molecular weight excluding hydrogens is 244 g/mol. The fourth-order valence-corrected chi connectivity index (χ4v) is 2.51. The Morgan fingerprint density at radius 3 is 2.53 bits per heavy atom. The van der Waals surface area contributed by atoms with Crippen molar-refractivity contribution in [3.8, 4) is 0 Å². The van der Waals surface area contributed by atoms with Crippen molar-refractivity contribution in [2.24, 2.45) is 11.8 Å². The van der Waals surface area contributed by atoms with E-state index in [-0.39, 0.29) is 11.9 Å². The summed E-state index contributed by atoms with van der Waals surface area (Å²) in [6.07, 6.45) is 0.0451. The number of ether oxygens (including phenoxy) is 2. The molecule has 4 heteroatoms. The highest BCUT2D eigenvalue weighted by Gasteiger charge is 2.49. The Kier molecular flexibility index (Phi) is 4.20. The quantitative estimate of drug-likeness (QED) is 0.782. The average molecular weight is 262 g/mol. The van der Waals surface area contributed by atoms with Gasteiger partial charge in [-0.3, -0.25) is 9.59 Å². The number of hydrogen-bond acceptors (Lipinski definition) is 4. The first kappa shape index (κ1) is 13.6. The number of cyclic esters (lactones) is 1. The topological polar surface area (TPSA) is 52.6 Å². The van der Waals surface area contributed by atoms with Crippen LogP contribution in [0.1, 0.15) is 31.9 Å². The highest BCUT2D eigenvalue weighted by molar-refractivity contribution is 5.86. The summed E-state index contributed by atoms with van der Waals surface area (Å²) in [6.45, 7) is 3.95. The zero-order valence-electron chi connectivity index (χ0n) is 11.2. The third-order valence-corrected chi connectivity index (χ3v) is 3.43. The molecule has 0 aliphatic carbocycles. The monoisotopic (exact) mass is 262 g/mol. The highest BCUT2D eigenvalue weighted by Crippen LogP contribution is 2.41. The second-order valence-electron chi connectivity index (χ2n) is 4.56. The maximum atomic E-state index is 12.1. The third kappa shape index (κ3) is 2.62. The molecule has 1 heterocycles. The Labute approximate surface area is 112 Å². The van der Waals surface area contributed by atoms with Crippen molar-refractivity contribution in [1.29, 1.82) is 0 Å². The number of rotatable bonds is 4. The Balaban J connectivity index is 2.31. The van der Waals surface area contributed by atoms with Gasteiger partial charge in [0.2, 0.25) is 0 Å². The first-order valence-electron chi connectivity index (χ1n) is 6.61. The molecule has 4 nitrogen and oxygen atoms in total. The Morgan fingerprint density at radius 1 is 1.26 bits per heavy atom. The molecule has 1 aromatic carbocycles. The van der Waals surface area contributed by atoms with Crippen molar-refractivity contribution in [3.63, 3.8) is 0 Å². The largest absolute Gasteiger partial charge is 0.466 e. The van der Waals surface area contributed by atoms with Crippen LogP contribution in [0.25, 0.3) is 0 Å². The van der Waals surface area contributed by atoms with Gasteiger partial charge in [-0.1, -0.05) is 37.3 Å². The first-order chi connectivity index (χ1) is 9.19. The summed E-state index contributed by atoms with van der Waals surface area (Å²) in [6, 6.07) is 9.34. The molecule has 3 atom stereocenters. The van der Waals surface area contributed by atoms with Crippen LogP contribution >= 0.6 is 0 Å². The SMILES string of the molecule is CCOC(=O)[C@H]1[C@H](CC)C(=O)O[C@H]1c1ccccc1. The van der Waals surface area contributed by atoms with Gasteiger partial charge in [-0.05, 0) is 18.9 Å². The molecule has 102 valence electrons. The van der Waals surface area contributed by atoms with Crippen molar-refractivity contribution < 1.29 is 19.1 Å². The van der Waals surface area contributed by atoms with Crippen LogP contribution in [0.3, 0.4) is 0 Å². The van der Waals surface area contributed by atoms with Gasteiger partial charge in [0.25, 0.3) is 0 Å². The first-order valence-corrected chi connectivity index (χ1v) is 6.61.